The van der Waals surface area contributed by atoms with Gasteiger partial charge in [-0.2, -0.15) is 0 Å². The Balaban J connectivity index is 1.70. The van der Waals surface area contributed by atoms with E-state index >= 15 is 0 Å². The largest absolute Gasteiger partial charge is 0.461 e. The fourth-order valence-corrected chi connectivity index (χ4v) is 8.25. The van der Waals surface area contributed by atoms with Crippen molar-refractivity contribution in [2.75, 3.05) is 13.7 Å². The second-order valence-corrected chi connectivity index (χ2v) is 10.9. The average Bonchev–Trinajstić information content (AvgIpc) is 2.94. The van der Waals surface area contributed by atoms with Crippen LogP contribution in [0.3, 0.4) is 0 Å². The molecule has 0 amide bonds. The van der Waals surface area contributed by atoms with Gasteiger partial charge in [0.2, 0.25) is 0 Å². The zero-order chi connectivity index (χ0) is 20.3. The minimum atomic E-state index is -0.518. The first-order chi connectivity index (χ1) is 13.3. The molecule has 0 aliphatic heterocycles. The summed E-state index contributed by atoms with van der Waals surface area (Å²) in [6.07, 6.45) is 7.10. The van der Waals surface area contributed by atoms with Gasteiger partial charge in [-0.1, -0.05) is 34.5 Å². The number of methoxy groups -OCH3 is 1. The van der Waals surface area contributed by atoms with Gasteiger partial charge in [0.05, 0.1) is 23.6 Å². The van der Waals surface area contributed by atoms with E-state index in [4.69, 9.17) is 9.47 Å². The lowest BCUT2D eigenvalue weighted by Crippen LogP contribution is -2.57. The van der Waals surface area contributed by atoms with E-state index in [1.807, 2.05) is 0 Å². The van der Waals surface area contributed by atoms with Crippen molar-refractivity contribution in [3.8, 4) is 0 Å². The average molecular weight is 457 g/mol. The molecule has 0 aromatic rings. The maximum atomic E-state index is 11.7. The quantitative estimate of drug-likeness (QED) is 0.387. The van der Waals surface area contributed by atoms with Gasteiger partial charge in [0.25, 0.3) is 0 Å². The Bertz CT molecular complexity index is 665. The summed E-state index contributed by atoms with van der Waals surface area (Å²) in [5.74, 6) is 0.311. The summed E-state index contributed by atoms with van der Waals surface area (Å²) in [7, 11) is 1.77. The molecule has 158 valence electrons. The van der Waals surface area contributed by atoms with Gasteiger partial charge >= 0.3 is 5.97 Å². The molecule has 6 heteroatoms. The third kappa shape index (κ3) is 2.93. The highest BCUT2D eigenvalue weighted by atomic mass is 79.9. The molecular weight excluding hydrogens is 424 g/mol. The number of hydrogen-bond acceptors (Lipinski definition) is 5. The van der Waals surface area contributed by atoms with E-state index in [0.29, 0.717) is 5.92 Å². The Morgan fingerprint density at radius 1 is 1.32 bits per heavy atom. The molecule has 3 saturated carbocycles. The second kappa shape index (κ2) is 7.36. The van der Waals surface area contributed by atoms with Crippen LogP contribution in [0.5, 0.6) is 0 Å². The molecule has 0 radical (unpaired) electrons. The van der Waals surface area contributed by atoms with Gasteiger partial charge in [-0.15, -0.1) is 0 Å². The first-order valence-electron chi connectivity index (χ1n) is 10.6. The summed E-state index contributed by atoms with van der Waals surface area (Å²) < 4.78 is 11.3. The number of halogens is 1. The third-order valence-corrected chi connectivity index (χ3v) is 9.49. The van der Waals surface area contributed by atoms with Crippen LogP contribution in [0.25, 0.3) is 0 Å². The SMILES string of the molecule is CO[C@H]1CC[C@@]2(C)C(=CC(O)C3C4C[C@@H](Br)[C@H](OC(C)=O)[C@@]4(CO)CCC32)C1. The maximum absolute atomic E-state index is 11.7. The van der Waals surface area contributed by atoms with Crippen LogP contribution in [0.15, 0.2) is 11.6 Å². The summed E-state index contributed by atoms with van der Waals surface area (Å²) in [6, 6.07) is 0. The third-order valence-electron chi connectivity index (χ3n) is 8.63. The summed E-state index contributed by atoms with van der Waals surface area (Å²) in [4.78, 5) is 11.7. The number of esters is 1. The van der Waals surface area contributed by atoms with Crippen molar-refractivity contribution >= 4 is 21.9 Å². The summed E-state index contributed by atoms with van der Waals surface area (Å²) >= 11 is 3.73. The first-order valence-corrected chi connectivity index (χ1v) is 11.5. The minimum Gasteiger partial charge on any atom is -0.461 e. The van der Waals surface area contributed by atoms with Crippen LogP contribution in [0, 0.1) is 28.6 Å². The zero-order valence-electron chi connectivity index (χ0n) is 17.1. The Morgan fingerprint density at radius 2 is 2.07 bits per heavy atom. The van der Waals surface area contributed by atoms with Gasteiger partial charge < -0.3 is 19.7 Å². The normalized spacial score (nSPS) is 50.2. The van der Waals surface area contributed by atoms with Crippen LogP contribution in [0.2, 0.25) is 0 Å². The van der Waals surface area contributed by atoms with Gasteiger partial charge in [0.15, 0.2) is 0 Å². The number of carbonyl (C=O) groups is 1. The highest BCUT2D eigenvalue weighted by molar-refractivity contribution is 9.09. The van der Waals surface area contributed by atoms with Crippen LogP contribution in [-0.2, 0) is 14.3 Å². The van der Waals surface area contributed by atoms with E-state index in [2.05, 4.69) is 28.9 Å². The van der Waals surface area contributed by atoms with Gasteiger partial charge in [-0.25, -0.2) is 0 Å². The van der Waals surface area contributed by atoms with Crippen molar-refractivity contribution in [1.82, 2.24) is 0 Å². The molecule has 0 saturated heterocycles. The lowest BCUT2D eigenvalue weighted by Gasteiger charge is -2.59. The van der Waals surface area contributed by atoms with Crippen LogP contribution in [0.4, 0.5) is 0 Å². The molecule has 0 aromatic carbocycles. The molecule has 0 bridgehead atoms. The predicted octanol–water partition coefficient (Wildman–Crippen LogP) is 3.21. The molecule has 0 spiro atoms. The smallest absolute Gasteiger partial charge is 0.302 e. The Labute approximate surface area is 176 Å². The van der Waals surface area contributed by atoms with Crippen molar-refractivity contribution in [3.05, 3.63) is 11.6 Å². The molecule has 4 aliphatic rings. The van der Waals surface area contributed by atoms with E-state index < -0.39 is 11.5 Å². The van der Waals surface area contributed by atoms with Crippen molar-refractivity contribution in [2.45, 2.75) is 75.5 Å². The van der Waals surface area contributed by atoms with Crippen molar-refractivity contribution in [3.63, 3.8) is 0 Å². The number of aliphatic hydroxyl groups is 2. The minimum absolute atomic E-state index is 0.00725. The van der Waals surface area contributed by atoms with E-state index in [1.165, 1.54) is 12.5 Å². The van der Waals surface area contributed by atoms with E-state index in [9.17, 15) is 15.0 Å². The summed E-state index contributed by atoms with van der Waals surface area (Å²) in [5, 5.41) is 21.7. The Hall–Kier alpha value is -0.430. The number of aliphatic hydroxyl groups excluding tert-OH is 2. The molecule has 0 heterocycles. The van der Waals surface area contributed by atoms with Crippen LogP contribution >= 0.6 is 15.9 Å². The van der Waals surface area contributed by atoms with E-state index in [-0.39, 0.29) is 46.9 Å². The topological polar surface area (TPSA) is 76.0 Å². The number of ether oxygens (including phenoxy) is 2. The highest BCUT2D eigenvalue weighted by Crippen LogP contribution is 2.66. The number of carbonyl (C=O) groups excluding carboxylic acids is 1. The fourth-order valence-electron chi connectivity index (χ4n) is 7.22. The fraction of sp³-hybridized carbons (Fsp3) is 0.864. The van der Waals surface area contributed by atoms with E-state index in [1.54, 1.807) is 7.11 Å². The van der Waals surface area contributed by atoms with Crippen molar-refractivity contribution < 1.29 is 24.5 Å². The maximum Gasteiger partial charge on any atom is 0.302 e. The molecular formula is C22H33BrO5. The number of hydrogen-bond donors (Lipinski definition) is 2. The molecule has 2 N–H and O–H groups in total. The van der Waals surface area contributed by atoms with E-state index in [0.717, 1.165) is 38.5 Å². The Kier molecular flexibility index (Phi) is 5.48. The molecule has 3 fully saturated rings. The monoisotopic (exact) mass is 456 g/mol. The summed E-state index contributed by atoms with van der Waals surface area (Å²) in [5.41, 5.74) is 0.968. The van der Waals surface area contributed by atoms with Crippen LogP contribution in [-0.4, -0.2) is 53.0 Å². The van der Waals surface area contributed by atoms with Gasteiger partial charge in [0, 0.05) is 19.4 Å². The number of fused-ring (bicyclic) bond motifs is 5. The van der Waals surface area contributed by atoms with Crippen molar-refractivity contribution in [2.24, 2.45) is 28.6 Å². The zero-order valence-corrected chi connectivity index (χ0v) is 18.7. The number of rotatable bonds is 3. The number of alkyl halides is 1. The van der Waals surface area contributed by atoms with Gasteiger partial charge in [-0.3, -0.25) is 4.79 Å². The molecule has 4 aliphatic carbocycles. The van der Waals surface area contributed by atoms with Crippen molar-refractivity contribution in [1.29, 1.82) is 0 Å². The highest BCUT2D eigenvalue weighted by Gasteiger charge is 2.65. The predicted molar refractivity (Wildman–Crippen MR) is 109 cm³/mol. The lowest BCUT2D eigenvalue weighted by molar-refractivity contribution is -0.166. The molecule has 4 unspecified atom stereocenters. The summed E-state index contributed by atoms with van der Waals surface area (Å²) in [6.45, 7) is 3.79. The molecule has 0 aromatic heterocycles. The van der Waals surface area contributed by atoms with Crippen LogP contribution in [0.1, 0.15) is 52.4 Å². The lowest BCUT2D eigenvalue weighted by atomic mass is 9.47. The molecule has 5 nitrogen and oxygen atoms in total. The first kappa shape index (κ1) is 20.8. The molecule has 28 heavy (non-hydrogen) atoms. The van der Waals surface area contributed by atoms with Gasteiger partial charge in [0.1, 0.15) is 6.10 Å². The second-order valence-electron chi connectivity index (χ2n) is 9.70. The van der Waals surface area contributed by atoms with Crippen LogP contribution < -0.4 is 0 Å². The Morgan fingerprint density at radius 3 is 2.71 bits per heavy atom. The molecule has 9 atom stereocenters. The standard InChI is InChI=1S/C22H33BrO5/c1-12(25)28-20-17(23)10-16-19-15(5-7-22(16,20)11-24)21(2)6-4-14(27-3)8-13(21)9-18(19)26/h9,14-20,24,26H,4-8,10-11H2,1-3H3/t14-,15?,16?,17+,18?,19?,20-,21-,22+/m0/s1. The van der Waals surface area contributed by atoms with Gasteiger partial charge in [-0.05, 0) is 61.7 Å². The molecule has 4 rings (SSSR count).